The van der Waals surface area contributed by atoms with E-state index in [9.17, 15) is 8.42 Å². The van der Waals surface area contributed by atoms with Gasteiger partial charge in [-0.2, -0.15) is 0 Å². The Morgan fingerprint density at radius 1 is 1.62 bits per heavy atom. The molecule has 0 aliphatic rings. The molecule has 0 atom stereocenters. The molecular weight excluding hydrogens is 126 g/mol. The third kappa shape index (κ3) is 5.65. The maximum Gasteiger partial charge on any atom is 0.168 e. The molecule has 0 heterocycles. The fraction of sp³-hybridized carbons (Fsp3) is 0.500. The second-order valence-electron chi connectivity index (χ2n) is 1.44. The van der Waals surface area contributed by atoms with Crippen molar-refractivity contribution >= 4 is 9.84 Å². The van der Waals surface area contributed by atoms with E-state index in [1.807, 2.05) is 0 Å². The maximum absolute atomic E-state index is 10.2. The molecule has 0 aromatic carbocycles. The van der Waals surface area contributed by atoms with Crippen LogP contribution in [-0.2, 0) is 9.84 Å². The minimum absolute atomic E-state index is 0.271. The van der Waals surface area contributed by atoms with Crippen LogP contribution in [0.4, 0.5) is 0 Å². The van der Waals surface area contributed by atoms with Crippen LogP contribution < -0.4 is 5.73 Å². The van der Waals surface area contributed by atoms with Gasteiger partial charge >= 0.3 is 0 Å². The second kappa shape index (κ2) is 2.84. The highest BCUT2D eigenvalue weighted by Crippen LogP contribution is 1.81. The van der Waals surface area contributed by atoms with Crippen molar-refractivity contribution in [2.75, 3.05) is 12.8 Å². The lowest BCUT2D eigenvalue weighted by Crippen LogP contribution is -1.95. The summed E-state index contributed by atoms with van der Waals surface area (Å²) >= 11 is 0. The zero-order valence-corrected chi connectivity index (χ0v) is 5.48. The molecule has 0 fully saturated rings. The van der Waals surface area contributed by atoms with Gasteiger partial charge in [0.25, 0.3) is 0 Å². The summed E-state index contributed by atoms with van der Waals surface area (Å²) in [6.07, 6.45) is 2.52. The van der Waals surface area contributed by atoms with Crippen LogP contribution in [0.3, 0.4) is 0 Å². The monoisotopic (exact) mass is 135 g/mol. The number of hydrogen-bond acceptors (Lipinski definition) is 3. The van der Waals surface area contributed by atoms with Crippen LogP contribution in [0.5, 0.6) is 0 Å². The summed E-state index contributed by atoms with van der Waals surface area (Å²) in [5.41, 5.74) is 4.98. The van der Waals surface area contributed by atoms with Crippen molar-refractivity contribution in [3.05, 3.63) is 11.5 Å². The molecule has 0 bridgehead atoms. The maximum atomic E-state index is 10.2. The highest BCUT2D eigenvalue weighted by molar-refractivity contribution is 7.93. The molecule has 0 radical (unpaired) electrons. The molecule has 0 aromatic heterocycles. The van der Waals surface area contributed by atoms with Gasteiger partial charge in [-0.25, -0.2) is 8.42 Å². The smallest absolute Gasteiger partial charge is 0.168 e. The zero-order valence-electron chi connectivity index (χ0n) is 4.66. The summed E-state index contributed by atoms with van der Waals surface area (Å²) in [6.45, 7) is 0.271. The Morgan fingerprint density at radius 2 is 2.12 bits per heavy atom. The fourth-order valence-electron chi connectivity index (χ4n) is 0.230. The summed E-state index contributed by atoms with van der Waals surface area (Å²) in [6, 6.07) is 0. The van der Waals surface area contributed by atoms with Crippen LogP contribution in [0, 0.1) is 0 Å². The van der Waals surface area contributed by atoms with E-state index < -0.39 is 9.84 Å². The van der Waals surface area contributed by atoms with Crippen LogP contribution in [0.1, 0.15) is 0 Å². The van der Waals surface area contributed by atoms with Crippen LogP contribution in [-0.4, -0.2) is 21.2 Å². The topological polar surface area (TPSA) is 60.2 Å². The highest BCUT2D eigenvalue weighted by atomic mass is 32.2. The highest BCUT2D eigenvalue weighted by Gasteiger charge is 1.88. The molecule has 0 saturated carbocycles. The van der Waals surface area contributed by atoms with Crippen molar-refractivity contribution in [1.82, 2.24) is 0 Å². The lowest BCUT2D eigenvalue weighted by molar-refractivity contribution is 0.610. The zero-order chi connectivity index (χ0) is 6.62. The average Bonchev–Trinajstić information content (AvgIpc) is 1.59. The van der Waals surface area contributed by atoms with Gasteiger partial charge < -0.3 is 5.73 Å². The molecule has 2 N–H and O–H groups in total. The van der Waals surface area contributed by atoms with Gasteiger partial charge in [0.05, 0.1) is 0 Å². The Kier molecular flexibility index (Phi) is 2.71. The van der Waals surface area contributed by atoms with Gasteiger partial charge in [-0.3, -0.25) is 0 Å². The van der Waals surface area contributed by atoms with Crippen molar-refractivity contribution in [3.63, 3.8) is 0 Å². The normalized spacial score (nSPS) is 12.8. The summed E-state index contributed by atoms with van der Waals surface area (Å²) in [7, 11) is -2.95. The van der Waals surface area contributed by atoms with Gasteiger partial charge in [0, 0.05) is 18.2 Å². The van der Waals surface area contributed by atoms with Crippen LogP contribution in [0.2, 0.25) is 0 Å². The van der Waals surface area contributed by atoms with Crippen molar-refractivity contribution in [1.29, 1.82) is 0 Å². The van der Waals surface area contributed by atoms with Gasteiger partial charge in [-0.1, -0.05) is 6.08 Å². The van der Waals surface area contributed by atoms with Gasteiger partial charge in [0.1, 0.15) is 0 Å². The molecule has 0 aliphatic carbocycles. The number of sulfone groups is 1. The van der Waals surface area contributed by atoms with Gasteiger partial charge in [0.15, 0.2) is 9.84 Å². The fourth-order valence-corrected chi connectivity index (χ4v) is 0.691. The van der Waals surface area contributed by atoms with Crippen molar-refractivity contribution in [2.24, 2.45) is 5.73 Å². The van der Waals surface area contributed by atoms with Crippen LogP contribution in [0.15, 0.2) is 11.5 Å². The van der Waals surface area contributed by atoms with Crippen molar-refractivity contribution in [3.8, 4) is 0 Å². The quantitative estimate of drug-likeness (QED) is 0.555. The Balaban J connectivity index is 3.92. The summed E-state index contributed by atoms with van der Waals surface area (Å²) < 4.78 is 20.5. The first-order chi connectivity index (χ1) is 3.56. The summed E-state index contributed by atoms with van der Waals surface area (Å²) in [5.74, 6) is 0. The Labute approximate surface area is 49.1 Å². The minimum Gasteiger partial charge on any atom is -0.327 e. The van der Waals surface area contributed by atoms with E-state index in [0.717, 1.165) is 11.7 Å². The molecule has 0 rings (SSSR count). The van der Waals surface area contributed by atoms with E-state index in [0.29, 0.717) is 0 Å². The molecule has 0 aliphatic heterocycles. The first kappa shape index (κ1) is 7.65. The third-order valence-corrected chi connectivity index (χ3v) is 1.17. The van der Waals surface area contributed by atoms with E-state index in [1.54, 1.807) is 0 Å². The van der Waals surface area contributed by atoms with E-state index in [4.69, 9.17) is 5.73 Å². The van der Waals surface area contributed by atoms with Crippen molar-refractivity contribution < 1.29 is 8.42 Å². The molecule has 0 spiro atoms. The molecule has 0 amide bonds. The summed E-state index contributed by atoms with van der Waals surface area (Å²) in [5, 5.41) is 1.09. The third-order valence-electron chi connectivity index (χ3n) is 0.480. The molecular formula is C4H9NO2S. The predicted octanol–water partition coefficient (Wildman–Crippen LogP) is -0.497. The van der Waals surface area contributed by atoms with Gasteiger partial charge in [0.2, 0.25) is 0 Å². The number of nitrogens with two attached hydrogens (primary N) is 1. The molecule has 3 nitrogen and oxygen atoms in total. The first-order valence-corrected chi connectivity index (χ1v) is 4.08. The van der Waals surface area contributed by atoms with E-state index in [1.165, 1.54) is 6.08 Å². The Hall–Kier alpha value is -0.350. The molecule has 0 aromatic rings. The van der Waals surface area contributed by atoms with Crippen LogP contribution >= 0.6 is 0 Å². The lowest BCUT2D eigenvalue weighted by atomic mass is 10.7. The van der Waals surface area contributed by atoms with E-state index >= 15 is 0 Å². The minimum atomic E-state index is -2.95. The largest absolute Gasteiger partial charge is 0.327 e. The average molecular weight is 135 g/mol. The predicted molar refractivity (Wildman–Crippen MR) is 33.0 cm³/mol. The molecule has 8 heavy (non-hydrogen) atoms. The van der Waals surface area contributed by atoms with Gasteiger partial charge in [-0.05, 0) is 0 Å². The molecule has 48 valence electrons. The Bertz CT molecular complexity index is 168. The standard InChI is InChI=1S/C4H9NO2S/c1-8(6,7)4-2-3-5/h2,4H,3,5H2,1H3/b4-2-. The van der Waals surface area contributed by atoms with Crippen molar-refractivity contribution in [2.45, 2.75) is 0 Å². The molecule has 0 saturated heterocycles. The SMILES string of the molecule is CS(=O)(=O)/C=C\CN. The summed E-state index contributed by atoms with van der Waals surface area (Å²) in [4.78, 5) is 0. The number of rotatable bonds is 2. The second-order valence-corrected chi connectivity index (χ2v) is 3.37. The van der Waals surface area contributed by atoms with E-state index in [2.05, 4.69) is 0 Å². The first-order valence-electron chi connectivity index (χ1n) is 2.13. The lowest BCUT2D eigenvalue weighted by Gasteiger charge is -1.80. The Morgan fingerprint density at radius 3 is 2.25 bits per heavy atom. The van der Waals surface area contributed by atoms with Gasteiger partial charge in [-0.15, -0.1) is 0 Å². The molecule has 0 unspecified atom stereocenters. The number of hydrogen-bond donors (Lipinski definition) is 1. The van der Waals surface area contributed by atoms with E-state index in [-0.39, 0.29) is 6.54 Å². The molecule has 4 heteroatoms. The van der Waals surface area contributed by atoms with Crippen LogP contribution in [0.25, 0.3) is 0 Å².